The monoisotopic (exact) mass is 2080 g/mol. The lowest BCUT2D eigenvalue weighted by molar-refractivity contribution is -0.225. The van der Waals surface area contributed by atoms with Gasteiger partial charge in [0.05, 0.1) is 82.0 Å². The number of cyclic esters (lactones) is 2. The maximum Gasteiger partial charge on any atom is 0.344 e. The summed E-state index contributed by atoms with van der Waals surface area (Å²) in [6.45, 7) is 46.4. The molecule has 14 saturated carbocycles. The number of carbonyl (C=O) groups is 16. The number of fused-ring (bicyclic) bond motifs is 12. The molecule has 22 rings (SSSR count). The van der Waals surface area contributed by atoms with Crippen LogP contribution in [0.2, 0.25) is 0 Å². The van der Waals surface area contributed by atoms with Gasteiger partial charge < -0.3 is 95.5 Å². The molecule has 22 fully saturated rings. The molecule has 148 heavy (non-hydrogen) atoms. The van der Waals surface area contributed by atoms with E-state index in [1.165, 1.54) is 52.4 Å². The number of esters is 16. The highest BCUT2D eigenvalue weighted by molar-refractivity contribution is 5.91. The Morgan fingerprint density at radius 2 is 0.669 bits per heavy atom. The van der Waals surface area contributed by atoms with Crippen LogP contribution in [-0.2, 0) is 162 Å². The van der Waals surface area contributed by atoms with Gasteiger partial charge in [0.1, 0.15) is 46.8 Å². The van der Waals surface area contributed by atoms with Crippen LogP contribution in [0.25, 0.3) is 0 Å². The van der Waals surface area contributed by atoms with E-state index in [1.54, 1.807) is 41.5 Å². The number of hydrogen-bond donors (Lipinski definition) is 2. The number of hydrogen-bond acceptors (Lipinski definition) is 36. The van der Waals surface area contributed by atoms with Crippen molar-refractivity contribution in [2.45, 2.75) is 412 Å². The van der Waals surface area contributed by atoms with Crippen LogP contribution in [0, 0.1) is 105 Å². The first kappa shape index (κ1) is 115. The maximum atomic E-state index is 12.4. The zero-order valence-corrected chi connectivity index (χ0v) is 89.9. The SMILES string of the molecule is C=C(C)C(=O)OC1(C)CCCC1.C=C(C)C(=O)OC12CC3CC(CC(O)(C3)C1)C2.C=C(C)C(=O)OCC(=O)OC1C2CC3C(=O)OC1C3O2.C=C(C)C(=O)OCC(=O)OC1CC2CC1C1C(=O)OCC21.CCC(C)(C)C(=O)OC1(C)CCCC1.CCC(C)(C)C(=O)OC12CC3CC(CC(O)(C3)C1)C2.CCC(C)(C)C(=O)OCC(=O)OC1C2CC3C(=O)OC1C3O2.CCC(C)(C)C(=O)OCC(=O)OC1CC2CC1C1C(=O)OCC21. The van der Waals surface area contributed by atoms with Crippen molar-refractivity contribution in [1.82, 2.24) is 0 Å². The van der Waals surface area contributed by atoms with Crippen LogP contribution in [0.4, 0.5) is 0 Å². The molecule has 0 spiro atoms. The molecule has 0 aromatic rings. The van der Waals surface area contributed by atoms with Gasteiger partial charge >= 0.3 is 95.5 Å². The van der Waals surface area contributed by atoms with E-state index in [0.29, 0.717) is 110 Å². The number of carbonyl (C=O) groups excluding carboxylic acids is 16. The molecule has 22 aliphatic rings. The summed E-state index contributed by atoms with van der Waals surface area (Å²) in [5.74, 6) is -3.15. The number of aliphatic hydroxyl groups is 2. The van der Waals surface area contributed by atoms with Gasteiger partial charge in [-0.25, -0.2) is 38.4 Å². The quantitative estimate of drug-likeness (QED) is 0.0417. The molecule has 16 bridgehead atoms. The highest BCUT2D eigenvalue weighted by Crippen LogP contribution is 2.63. The summed E-state index contributed by atoms with van der Waals surface area (Å²) in [7, 11) is 0. The fraction of sp³-hybridized carbons (Fsp3) is 0.786. The van der Waals surface area contributed by atoms with Crippen molar-refractivity contribution in [3.63, 3.8) is 0 Å². The van der Waals surface area contributed by atoms with E-state index in [4.69, 9.17) is 85.3 Å². The van der Waals surface area contributed by atoms with Crippen LogP contribution < -0.4 is 0 Å². The minimum Gasteiger partial charge on any atom is -0.465 e. The van der Waals surface area contributed by atoms with Gasteiger partial charge in [-0.3, -0.25) is 38.4 Å². The molecular weight excluding hydrogens is 1920 g/mol. The van der Waals surface area contributed by atoms with Gasteiger partial charge in [0.15, 0.2) is 50.8 Å². The predicted octanol–water partition coefficient (Wildman–Crippen LogP) is 13.8. The Bertz CT molecular complexity index is 5020. The topological polar surface area (TPSA) is 480 Å². The van der Waals surface area contributed by atoms with E-state index < -0.39 is 125 Å². The minimum atomic E-state index is -0.694. The lowest BCUT2D eigenvalue weighted by Gasteiger charge is -2.59. The minimum absolute atomic E-state index is 0.0376. The van der Waals surface area contributed by atoms with Gasteiger partial charge in [-0.05, 0) is 312 Å². The van der Waals surface area contributed by atoms with E-state index in [2.05, 4.69) is 33.2 Å². The molecule has 36 nitrogen and oxygen atoms in total. The molecule has 24 atom stereocenters. The summed E-state index contributed by atoms with van der Waals surface area (Å²) in [5, 5.41) is 21.2. The van der Waals surface area contributed by atoms with Crippen molar-refractivity contribution >= 4 is 95.5 Å². The van der Waals surface area contributed by atoms with E-state index in [1.807, 2.05) is 62.3 Å². The first-order valence-electron chi connectivity index (χ1n) is 53.7. The average Bonchev–Trinajstić information content (AvgIpc) is 1.64. The van der Waals surface area contributed by atoms with E-state index >= 15 is 0 Å². The molecule has 0 aromatic carbocycles. The summed E-state index contributed by atoms with van der Waals surface area (Å²) >= 11 is 0. The van der Waals surface area contributed by atoms with Crippen molar-refractivity contribution < 1.29 is 172 Å². The molecule has 14 aliphatic carbocycles. The second-order valence-corrected chi connectivity index (χ2v) is 49.1. The van der Waals surface area contributed by atoms with Gasteiger partial charge in [-0.1, -0.05) is 54.0 Å². The number of rotatable bonds is 28. The normalized spacial score (nSPS) is 35.5. The van der Waals surface area contributed by atoms with Crippen molar-refractivity contribution in [3.05, 3.63) is 48.6 Å². The van der Waals surface area contributed by atoms with Gasteiger partial charge in [0.25, 0.3) is 0 Å². The van der Waals surface area contributed by atoms with Crippen LogP contribution >= 0.6 is 0 Å². The Balaban J connectivity index is 0.000000142. The van der Waals surface area contributed by atoms with Gasteiger partial charge in [0, 0.05) is 58.8 Å². The summed E-state index contributed by atoms with van der Waals surface area (Å²) in [4.78, 5) is 187. The maximum absolute atomic E-state index is 12.4. The lowest BCUT2D eigenvalue weighted by atomic mass is 9.52. The highest BCUT2D eigenvalue weighted by atomic mass is 16.7. The first-order chi connectivity index (χ1) is 69.2. The van der Waals surface area contributed by atoms with Crippen molar-refractivity contribution in [2.24, 2.45) is 105 Å². The van der Waals surface area contributed by atoms with Crippen LogP contribution in [0.1, 0.15) is 317 Å². The Morgan fingerprint density at radius 1 is 0.358 bits per heavy atom. The molecule has 0 radical (unpaired) electrons. The Kier molecular flexibility index (Phi) is 35.6. The van der Waals surface area contributed by atoms with Crippen molar-refractivity contribution in [2.75, 3.05) is 39.6 Å². The van der Waals surface area contributed by atoms with Crippen molar-refractivity contribution in [3.8, 4) is 0 Å². The third-order valence-electron chi connectivity index (χ3n) is 35.3. The van der Waals surface area contributed by atoms with E-state index in [9.17, 15) is 86.9 Å². The number of ether oxygens (including phenoxy) is 18. The van der Waals surface area contributed by atoms with Crippen molar-refractivity contribution in [1.29, 1.82) is 0 Å². The van der Waals surface area contributed by atoms with E-state index in [0.717, 1.165) is 116 Å². The van der Waals surface area contributed by atoms with Crippen LogP contribution in [0.15, 0.2) is 48.6 Å². The first-order valence-corrected chi connectivity index (χ1v) is 53.7. The molecule has 24 unspecified atom stereocenters. The molecule has 8 saturated heterocycles. The summed E-state index contributed by atoms with van der Waals surface area (Å²) < 4.78 is 95.2. The van der Waals surface area contributed by atoms with Gasteiger partial charge in [-0.15, -0.1) is 0 Å². The van der Waals surface area contributed by atoms with Gasteiger partial charge in [-0.2, -0.15) is 0 Å². The molecule has 36 heteroatoms. The summed E-state index contributed by atoms with van der Waals surface area (Å²) in [6, 6.07) is 0. The third kappa shape index (κ3) is 26.6. The molecule has 8 aliphatic heterocycles. The zero-order chi connectivity index (χ0) is 109. The summed E-state index contributed by atoms with van der Waals surface area (Å²) in [5.41, 5.74) is -2.87. The second-order valence-electron chi connectivity index (χ2n) is 49.1. The van der Waals surface area contributed by atoms with E-state index in [-0.39, 0.29) is 160 Å². The second kappa shape index (κ2) is 45.7. The standard InChI is InChI=1S/C17H24O6.C16H26O3.C15H20O7.C15H18O6.C14H20O3.C13H14O7.C12H22O2.C10H16O2/c1-4-17(2,3)16(20)22-8-13(18)23-12-6-9-5-10(12)14-11(9)7-21-15(14)19;1-4-14(2,3)13(17)19-16-8-11-5-12(9-16)7-15(18,6-11)10-16;1-4-15(2,3)14(18)19-6-9(16)21-11-8-5-7-10(20-8)12(11)22-13(7)17;1-7(2)14(17)20-6-12(16)21-11-4-8-3-9(11)13-10(8)5-19-15(13)18;1-9(2)12(15)17-14-6-10-3-11(7-14)5-13(16,4-10)8-14;1-5(2)12(15)17-4-8(14)19-10-7-3-6-9(18-7)11(10)20-13(6)16;1-5-11(2,3)10(13)14-12(4)8-6-7-9-12;1-8(2)9(11)12-10(3)6-4-5-7-10/h9-12,14H,4-8H2,1-3H3;11-12,18H,4-10H2,1-3H3;7-8,10-12H,4-6H2,1-3H3;8-11,13H,1,3-6H2,2H3;10-11,16H,1,3-8H2,2H3;6-7,9-11H,1,3-4H2,2H3;5-9H2,1-4H3;1,4-7H2,2-3H3. The predicted molar refractivity (Wildman–Crippen MR) is 523 cm³/mol. The zero-order valence-electron chi connectivity index (χ0n) is 89.9. The van der Waals surface area contributed by atoms with Crippen LogP contribution in [0.5, 0.6) is 0 Å². The average molecular weight is 2080 g/mol. The molecular formula is C112H160O36. The van der Waals surface area contributed by atoms with Gasteiger partial charge in [0.2, 0.25) is 0 Å². The lowest BCUT2D eigenvalue weighted by Crippen LogP contribution is -2.61. The fourth-order valence-corrected chi connectivity index (χ4v) is 26.3. The third-order valence-corrected chi connectivity index (χ3v) is 35.3. The van der Waals surface area contributed by atoms with Crippen LogP contribution in [-0.4, -0.2) is 240 Å². The largest absolute Gasteiger partial charge is 0.465 e. The molecule has 0 aromatic heterocycles. The molecule has 8 heterocycles. The Hall–Kier alpha value is -9.68. The fourth-order valence-electron chi connectivity index (χ4n) is 26.3. The summed E-state index contributed by atoms with van der Waals surface area (Å²) in [6.07, 6.45) is 23.1. The highest BCUT2D eigenvalue weighted by Gasteiger charge is 2.69. The Morgan fingerprint density at radius 3 is 1.01 bits per heavy atom. The molecule has 824 valence electrons. The molecule has 0 amide bonds. The molecule has 2 N–H and O–H groups in total. The smallest absolute Gasteiger partial charge is 0.344 e. The Labute approximate surface area is 868 Å². The van der Waals surface area contributed by atoms with Crippen LogP contribution in [0.3, 0.4) is 0 Å².